The molecule has 4 aromatic rings. The van der Waals surface area contributed by atoms with Crippen LogP contribution in [-0.4, -0.2) is 43.8 Å². The van der Waals surface area contributed by atoms with Gasteiger partial charge < -0.3 is 9.47 Å². The fraction of sp³-hybridized carbons (Fsp3) is 0.360. The molecule has 0 bridgehead atoms. The monoisotopic (exact) mass is 642 g/mol. The summed E-state index contributed by atoms with van der Waals surface area (Å²) in [6.07, 6.45) is 3.90. The van der Waals surface area contributed by atoms with Gasteiger partial charge in [0.05, 0.1) is 52.0 Å². The van der Waals surface area contributed by atoms with Gasteiger partial charge in [0.25, 0.3) is 0 Å². The summed E-state index contributed by atoms with van der Waals surface area (Å²) in [5.74, 6) is 0. The van der Waals surface area contributed by atoms with E-state index in [1.165, 1.54) is 4.80 Å². The van der Waals surface area contributed by atoms with Crippen LogP contribution in [0.15, 0.2) is 69.9 Å². The number of halogens is 4. The fourth-order valence-electron chi connectivity index (χ4n) is 2.59. The van der Waals surface area contributed by atoms with Crippen molar-refractivity contribution in [1.82, 2.24) is 30.4 Å². The molecule has 37 heavy (non-hydrogen) atoms. The highest BCUT2D eigenvalue weighted by molar-refractivity contribution is 9.10. The van der Waals surface area contributed by atoms with Crippen LogP contribution in [0.5, 0.6) is 0 Å². The largest absolute Gasteiger partial charge is 0.370 e. The minimum atomic E-state index is -0.464. The zero-order valence-corrected chi connectivity index (χ0v) is 23.7. The predicted octanol–water partition coefficient (Wildman–Crippen LogP) is 6.38. The van der Waals surface area contributed by atoms with Crippen molar-refractivity contribution in [1.29, 1.82) is 0 Å². The summed E-state index contributed by atoms with van der Waals surface area (Å²) >= 11 is 6.76. The Morgan fingerprint density at radius 3 is 1.78 bits per heavy atom. The van der Waals surface area contributed by atoms with Crippen LogP contribution in [-0.2, 0) is 42.4 Å². The summed E-state index contributed by atoms with van der Waals surface area (Å²) in [5, 5.41) is 18.1. The van der Waals surface area contributed by atoms with Crippen LogP contribution >= 0.6 is 31.9 Å². The number of H-pyrrole nitrogens is 1. The maximum absolute atomic E-state index is 12.1. The molecule has 2 aromatic carbocycles. The zero-order valence-electron chi connectivity index (χ0n) is 20.5. The van der Waals surface area contributed by atoms with E-state index in [1.54, 1.807) is 19.3 Å². The first kappa shape index (κ1) is 30.7. The molecule has 8 nitrogen and oxygen atoms in total. The first-order valence-electron chi connectivity index (χ1n) is 11.5. The van der Waals surface area contributed by atoms with E-state index in [0.29, 0.717) is 38.5 Å². The Morgan fingerprint density at radius 2 is 1.32 bits per heavy atom. The van der Waals surface area contributed by atoms with Crippen molar-refractivity contribution in [3.05, 3.63) is 92.4 Å². The van der Waals surface area contributed by atoms with Gasteiger partial charge in [-0.25, -0.2) is 4.39 Å². The summed E-state index contributed by atoms with van der Waals surface area (Å²) in [7, 11) is 0. The molecule has 2 heterocycles. The fourth-order valence-corrected chi connectivity index (χ4v) is 3.11. The molecule has 0 amide bonds. The minimum absolute atomic E-state index is 0.181. The molecule has 0 aliphatic carbocycles. The summed E-state index contributed by atoms with van der Waals surface area (Å²) in [6.45, 7) is 3.30. The lowest BCUT2D eigenvalue weighted by atomic mass is 10.2. The zero-order chi connectivity index (χ0) is 26.7. The Bertz CT molecular complexity index is 1100. The number of aryl methyl sites for hydroxylation is 1. The van der Waals surface area contributed by atoms with E-state index in [1.807, 2.05) is 48.5 Å². The van der Waals surface area contributed by atoms with Crippen LogP contribution in [0.4, 0.5) is 8.78 Å². The van der Waals surface area contributed by atoms with Crippen molar-refractivity contribution in [2.75, 3.05) is 13.3 Å². The van der Waals surface area contributed by atoms with Gasteiger partial charge in [0.15, 0.2) is 0 Å². The van der Waals surface area contributed by atoms with Crippen molar-refractivity contribution in [2.24, 2.45) is 0 Å². The molecule has 12 heteroatoms. The number of aromatic amines is 1. The number of aromatic nitrogens is 6. The van der Waals surface area contributed by atoms with Gasteiger partial charge in [-0.1, -0.05) is 63.0 Å². The number of rotatable bonds is 11. The first-order chi connectivity index (χ1) is 18.0. The number of nitrogens with zero attached hydrogens (tertiary/aromatic N) is 5. The van der Waals surface area contributed by atoms with E-state index < -0.39 is 6.67 Å². The Labute approximate surface area is 232 Å². The molecular weight excluding hydrogens is 614 g/mol. The van der Waals surface area contributed by atoms with Gasteiger partial charge in [-0.2, -0.15) is 30.4 Å². The van der Waals surface area contributed by atoms with Crippen molar-refractivity contribution in [2.45, 2.75) is 46.3 Å². The lowest BCUT2D eigenvalue weighted by molar-refractivity contribution is 0.104. The molecule has 0 aliphatic rings. The number of alkyl halides is 2. The molecule has 0 atom stereocenters. The second-order valence-corrected chi connectivity index (χ2v) is 9.34. The molecule has 0 spiro atoms. The van der Waals surface area contributed by atoms with Crippen molar-refractivity contribution in [3.8, 4) is 0 Å². The molecule has 2 aromatic heterocycles. The van der Waals surface area contributed by atoms with Gasteiger partial charge in [0.1, 0.15) is 18.1 Å². The topological polar surface area (TPSA) is 90.7 Å². The van der Waals surface area contributed by atoms with Gasteiger partial charge in [0, 0.05) is 8.95 Å². The Balaban J connectivity index is 0.000000230. The maximum Gasteiger partial charge on any atom is 0.111 e. The van der Waals surface area contributed by atoms with E-state index in [9.17, 15) is 8.78 Å². The van der Waals surface area contributed by atoms with Crippen LogP contribution in [0.2, 0.25) is 0 Å². The Kier molecular flexibility index (Phi) is 15.5. The van der Waals surface area contributed by atoms with Gasteiger partial charge in [0.2, 0.25) is 0 Å². The highest BCUT2D eigenvalue weighted by Crippen LogP contribution is 2.12. The number of ether oxygens (including phenoxy) is 2. The van der Waals surface area contributed by atoms with Crippen molar-refractivity contribution >= 4 is 31.9 Å². The van der Waals surface area contributed by atoms with Crippen LogP contribution in [0.1, 0.15) is 35.9 Å². The van der Waals surface area contributed by atoms with E-state index in [-0.39, 0.29) is 13.2 Å². The second-order valence-electron chi connectivity index (χ2n) is 7.51. The predicted molar refractivity (Wildman–Crippen MR) is 144 cm³/mol. The summed E-state index contributed by atoms with van der Waals surface area (Å²) in [6, 6.07) is 15.9. The number of nitrogens with one attached hydrogen (secondary N) is 1. The van der Waals surface area contributed by atoms with Gasteiger partial charge >= 0.3 is 0 Å². The molecular formula is C25H30Br2F2N6O2. The molecule has 1 N–H and O–H groups in total. The lowest BCUT2D eigenvalue weighted by Crippen LogP contribution is -2.04. The highest BCUT2D eigenvalue weighted by Gasteiger charge is 2.01. The number of benzene rings is 2. The van der Waals surface area contributed by atoms with Crippen LogP contribution in [0.25, 0.3) is 0 Å². The molecule has 4 rings (SSSR count). The summed E-state index contributed by atoms with van der Waals surface area (Å²) in [5.41, 5.74) is 3.75. The maximum atomic E-state index is 12.1. The molecule has 0 fully saturated rings. The lowest BCUT2D eigenvalue weighted by Gasteiger charge is -2.02. The average molecular weight is 644 g/mol. The summed E-state index contributed by atoms with van der Waals surface area (Å²) < 4.78 is 35.9. The quantitative estimate of drug-likeness (QED) is 0.204. The van der Waals surface area contributed by atoms with Gasteiger partial charge in [-0.15, -0.1) is 0 Å². The third kappa shape index (κ3) is 13.5. The summed E-state index contributed by atoms with van der Waals surface area (Å²) in [4.78, 5) is 1.33. The van der Waals surface area contributed by atoms with Crippen molar-refractivity contribution < 1.29 is 18.3 Å². The van der Waals surface area contributed by atoms with Crippen LogP contribution in [0, 0.1) is 0 Å². The Morgan fingerprint density at radius 1 is 0.784 bits per heavy atom. The third-order valence-corrected chi connectivity index (χ3v) is 5.44. The van der Waals surface area contributed by atoms with Gasteiger partial charge in [-0.3, -0.25) is 4.39 Å². The molecule has 0 unspecified atom stereocenters. The Hall–Kier alpha value is -2.54. The molecule has 200 valence electrons. The molecule has 0 aliphatic heterocycles. The smallest absolute Gasteiger partial charge is 0.111 e. The normalized spacial score (nSPS) is 10.3. The number of hydrogen-bond acceptors (Lipinski definition) is 6. The van der Waals surface area contributed by atoms with Crippen LogP contribution < -0.4 is 0 Å². The van der Waals surface area contributed by atoms with E-state index >= 15 is 0 Å². The van der Waals surface area contributed by atoms with E-state index in [0.717, 1.165) is 25.8 Å². The third-order valence-electron chi connectivity index (χ3n) is 4.39. The molecule has 0 radical (unpaired) electrons. The SMILES string of the molecule is Brc1ccc(COCc2cn[nH]n2)cc1.CCCF.FCCn1ncc(COCc2ccc(Br)cc2)n1. The van der Waals surface area contributed by atoms with Gasteiger partial charge in [-0.05, 0) is 41.8 Å². The van der Waals surface area contributed by atoms with E-state index in [4.69, 9.17) is 9.47 Å². The van der Waals surface area contributed by atoms with Crippen LogP contribution in [0.3, 0.4) is 0 Å². The second kappa shape index (κ2) is 18.7. The first-order valence-corrected chi connectivity index (χ1v) is 13.1. The standard InChI is InChI=1S/C12H13BrFN3O.C10H10BrN3O.C3H7F/c13-11-3-1-10(2-4-11)8-18-9-12-7-15-17(16-12)6-5-14;11-9-3-1-8(2-4-9)6-15-7-10-5-12-14-13-10;1-2-3-4/h1-4,7H,5-6,8-9H2;1-5H,6-7H2,(H,12,13,14);2-3H2,1H3. The minimum Gasteiger partial charge on any atom is -0.370 e. The average Bonchev–Trinajstić information content (AvgIpc) is 3.60. The highest BCUT2D eigenvalue weighted by atomic mass is 79.9. The molecule has 0 saturated heterocycles. The van der Waals surface area contributed by atoms with Crippen molar-refractivity contribution in [3.63, 3.8) is 0 Å². The molecule has 0 saturated carbocycles. The number of hydrogen-bond donors (Lipinski definition) is 1. The van der Waals surface area contributed by atoms with E-state index in [2.05, 4.69) is 57.5 Å².